The molecule has 0 unspecified atom stereocenters. The Morgan fingerprint density at radius 1 is 1.33 bits per heavy atom. The molecule has 0 spiro atoms. The second-order valence-corrected chi connectivity index (χ2v) is 4.90. The van der Waals surface area contributed by atoms with Gasteiger partial charge in [-0.15, -0.1) is 16.4 Å². The van der Waals surface area contributed by atoms with Crippen molar-refractivity contribution in [2.75, 3.05) is 19.5 Å². The van der Waals surface area contributed by atoms with Gasteiger partial charge >= 0.3 is 6.09 Å². The van der Waals surface area contributed by atoms with Crippen LogP contribution in [-0.4, -0.2) is 34.9 Å². The van der Waals surface area contributed by atoms with Crippen LogP contribution in [0.5, 0.6) is 5.75 Å². The first-order chi connectivity index (χ1) is 10.2. The molecule has 1 amide bonds. The van der Waals surface area contributed by atoms with Crippen LogP contribution in [0.3, 0.4) is 0 Å². The summed E-state index contributed by atoms with van der Waals surface area (Å²) in [7, 11) is 2.90. The quantitative estimate of drug-likeness (QED) is 0.805. The Morgan fingerprint density at radius 2 is 2.14 bits per heavy atom. The molecule has 0 fully saturated rings. The molecular weight excluding hydrogens is 292 g/mol. The van der Waals surface area contributed by atoms with Gasteiger partial charge in [0.15, 0.2) is 0 Å². The van der Waals surface area contributed by atoms with E-state index in [1.165, 1.54) is 18.4 Å². The van der Waals surface area contributed by atoms with Gasteiger partial charge in [0.05, 0.1) is 19.9 Å². The van der Waals surface area contributed by atoms with Crippen molar-refractivity contribution in [1.29, 1.82) is 0 Å². The van der Waals surface area contributed by atoms with E-state index in [1.54, 1.807) is 11.6 Å². The predicted octanol–water partition coefficient (Wildman–Crippen LogP) is 2.64. The van der Waals surface area contributed by atoms with Gasteiger partial charge in [0, 0.05) is 10.9 Å². The number of amides is 1. The van der Waals surface area contributed by atoms with Crippen molar-refractivity contribution >= 4 is 28.3 Å². The highest BCUT2D eigenvalue weighted by atomic mass is 32.1. The molecule has 0 radical (unpaired) electrons. The number of rotatable bonds is 3. The topological polar surface area (TPSA) is 77.8 Å². The number of anilines is 1. The van der Waals surface area contributed by atoms with Crippen LogP contribution in [0, 0.1) is 0 Å². The summed E-state index contributed by atoms with van der Waals surface area (Å²) in [6.45, 7) is 0. The highest BCUT2D eigenvalue weighted by molar-refractivity contribution is 7.15. The zero-order chi connectivity index (χ0) is 14.8. The number of carbonyl (C=O) groups is 1. The molecule has 1 aromatic carbocycles. The number of ether oxygens (including phenoxy) is 2. The van der Waals surface area contributed by atoms with Gasteiger partial charge in [-0.2, -0.15) is 4.98 Å². The van der Waals surface area contributed by atoms with Crippen molar-refractivity contribution < 1.29 is 14.3 Å². The van der Waals surface area contributed by atoms with E-state index >= 15 is 0 Å². The fourth-order valence-corrected chi connectivity index (χ4v) is 2.74. The summed E-state index contributed by atoms with van der Waals surface area (Å²) in [6, 6.07) is 7.64. The highest BCUT2D eigenvalue weighted by Gasteiger charge is 2.15. The lowest BCUT2D eigenvalue weighted by Crippen LogP contribution is -2.12. The Kier molecular flexibility index (Phi) is 3.44. The minimum absolute atomic E-state index is 0.199. The maximum atomic E-state index is 11.2. The molecule has 0 saturated heterocycles. The average Bonchev–Trinajstić information content (AvgIpc) is 3.06. The summed E-state index contributed by atoms with van der Waals surface area (Å²) in [4.78, 5) is 16.1. The maximum absolute atomic E-state index is 11.2. The number of hydrogen-bond acceptors (Lipinski definition) is 6. The van der Waals surface area contributed by atoms with Gasteiger partial charge in [-0.3, -0.25) is 5.32 Å². The normalized spacial score (nSPS) is 10.6. The molecule has 0 bridgehead atoms. The van der Waals surface area contributed by atoms with Crippen molar-refractivity contribution in [3.05, 3.63) is 29.6 Å². The number of carbonyl (C=O) groups excluding carboxylic acids is 1. The van der Waals surface area contributed by atoms with Crippen molar-refractivity contribution in [1.82, 2.24) is 14.6 Å². The third-order valence-corrected chi connectivity index (χ3v) is 3.68. The summed E-state index contributed by atoms with van der Waals surface area (Å²) in [6.07, 6.45) is -0.605. The maximum Gasteiger partial charge on any atom is 0.413 e. The lowest BCUT2D eigenvalue weighted by molar-refractivity contribution is 0.186. The van der Waals surface area contributed by atoms with Crippen molar-refractivity contribution in [3.8, 4) is 17.0 Å². The predicted molar refractivity (Wildman–Crippen MR) is 78.9 cm³/mol. The Hall–Kier alpha value is -2.61. The third kappa shape index (κ3) is 2.40. The first-order valence-electron chi connectivity index (χ1n) is 6.05. The number of para-hydroxylation sites is 1. The largest absolute Gasteiger partial charge is 0.496 e. The van der Waals surface area contributed by atoms with Crippen molar-refractivity contribution in [2.24, 2.45) is 0 Å². The Morgan fingerprint density at radius 3 is 2.90 bits per heavy atom. The molecule has 3 rings (SSSR count). The second kappa shape index (κ2) is 5.41. The van der Waals surface area contributed by atoms with Gasteiger partial charge in [0.1, 0.15) is 5.75 Å². The number of aromatic nitrogens is 3. The molecule has 2 heterocycles. The lowest BCUT2D eigenvalue weighted by Gasteiger charge is -2.06. The molecule has 0 atom stereocenters. The molecule has 1 N–H and O–H groups in total. The first-order valence-corrected chi connectivity index (χ1v) is 6.93. The van der Waals surface area contributed by atoms with Crippen molar-refractivity contribution in [2.45, 2.75) is 0 Å². The molecule has 21 heavy (non-hydrogen) atoms. The minimum atomic E-state index is -0.605. The van der Waals surface area contributed by atoms with Crippen LogP contribution in [0.4, 0.5) is 10.7 Å². The highest BCUT2D eigenvalue weighted by Crippen LogP contribution is 2.32. The minimum Gasteiger partial charge on any atom is -0.496 e. The molecular formula is C13H12N4O3S. The second-order valence-electron chi connectivity index (χ2n) is 4.07. The van der Waals surface area contributed by atoms with Crippen LogP contribution in [0.25, 0.3) is 16.2 Å². The van der Waals surface area contributed by atoms with E-state index in [-0.39, 0.29) is 5.95 Å². The van der Waals surface area contributed by atoms with E-state index in [9.17, 15) is 4.79 Å². The van der Waals surface area contributed by atoms with Gasteiger partial charge in [-0.05, 0) is 12.1 Å². The fraction of sp³-hybridized carbons (Fsp3) is 0.154. The molecule has 0 aliphatic rings. The zero-order valence-corrected chi connectivity index (χ0v) is 12.2. The summed E-state index contributed by atoms with van der Waals surface area (Å²) >= 11 is 1.43. The third-order valence-electron chi connectivity index (χ3n) is 2.86. The lowest BCUT2D eigenvalue weighted by atomic mass is 10.1. The standard InChI is InChI=1S/C13H12N4O3S/c1-19-10-6-4-3-5-8(10)9-7-21-12-14-11(16-17(9)12)15-13(18)20-2/h3-7H,1-2H3,(H,15,16,18). The molecule has 7 nitrogen and oxygen atoms in total. The van der Waals surface area contributed by atoms with Crippen LogP contribution in [-0.2, 0) is 4.74 Å². The molecule has 3 aromatic rings. The Bertz CT molecular complexity index is 796. The molecule has 108 valence electrons. The van der Waals surface area contributed by atoms with Crippen LogP contribution >= 0.6 is 11.3 Å². The van der Waals surface area contributed by atoms with Crippen molar-refractivity contribution in [3.63, 3.8) is 0 Å². The molecule has 2 aromatic heterocycles. The monoisotopic (exact) mass is 304 g/mol. The zero-order valence-electron chi connectivity index (χ0n) is 11.4. The van der Waals surface area contributed by atoms with Crippen LogP contribution in [0.15, 0.2) is 29.6 Å². The SMILES string of the molecule is COC(=O)Nc1nc2scc(-c3ccccc3OC)n2n1. The van der Waals surface area contributed by atoms with E-state index in [4.69, 9.17) is 4.74 Å². The van der Waals surface area contributed by atoms with E-state index in [1.807, 2.05) is 29.6 Å². The number of hydrogen-bond donors (Lipinski definition) is 1. The van der Waals surface area contributed by atoms with Gasteiger partial charge in [0.25, 0.3) is 5.95 Å². The first kappa shape index (κ1) is 13.4. The summed E-state index contributed by atoms with van der Waals surface area (Å²) in [5, 5.41) is 8.65. The number of fused-ring (bicyclic) bond motifs is 1. The summed E-state index contributed by atoms with van der Waals surface area (Å²) in [5.74, 6) is 0.944. The number of methoxy groups -OCH3 is 2. The van der Waals surface area contributed by atoms with Gasteiger partial charge in [0.2, 0.25) is 4.96 Å². The van der Waals surface area contributed by atoms with Crippen LogP contribution in [0.1, 0.15) is 0 Å². The fourth-order valence-electron chi connectivity index (χ4n) is 1.92. The van der Waals surface area contributed by atoms with Gasteiger partial charge in [-0.25, -0.2) is 9.31 Å². The summed E-state index contributed by atoms with van der Waals surface area (Å²) in [5.41, 5.74) is 1.75. The van der Waals surface area contributed by atoms with E-state index in [0.717, 1.165) is 17.0 Å². The number of benzene rings is 1. The molecule has 8 heteroatoms. The van der Waals surface area contributed by atoms with Gasteiger partial charge < -0.3 is 9.47 Å². The Balaban J connectivity index is 2.05. The summed E-state index contributed by atoms with van der Waals surface area (Å²) < 4.78 is 11.5. The van der Waals surface area contributed by atoms with Gasteiger partial charge in [-0.1, -0.05) is 12.1 Å². The Labute approximate surface area is 124 Å². The molecule has 0 aliphatic heterocycles. The van der Waals surface area contributed by atoms with Crippen LogP contribution in [0.2, 0.25) is 0 Å². The van der Waals surface area contributed by atoms with Crippen LogP contribution < -0.4 is 10.1 Å². The number of nitrogens with one attached hydrogen (secondary N) is 1. The smallest absolute Gasteiger partial charge is 0.413 e. The molecule has 0 aliphatic carbocycles. The number of nitrogens with zero attached hydrogens (tertiary/aromatic N) is 3. The molecule has 0 saturated carbocycles. The number of thiazole rings is 1. The average molecular weight is 304 g/mol. The van der Waals surface area contributed by atoms with E-state index in [2.05, 4.69) is 20.1 Å². The van der Waals surface area contributed by atoms with E-state index in [0.29, 0.717) is 4.96 Å². The van der Waals surface area contributed by atoms with E-state index < -0.39 is 6.09 Å².